The third-order valence-electron chi connectivity index (χ3n) is 6.09. The zero-order valence-corrected chi connectivity index (χ0v) is 21.7. The quantitative estimate of drug-likeness (QED) is 0.236. The Hall–Kier alpha value is -1.90. The summed E-state index contributed by atoms with van der Waals surface area (Å²) >= 11 is 0. The monoisotopic (exact) mass is 486 g/mol. The fraction of sp³-hybridized carbons (Fsp3) is 0.448. The second-order valence-electron chi connectivity index (χ2n) is 8.75. The van der Waals surface area contributed by atoms with Crippen molar-refractivity contribution < 1.29 is 33.9 Å². The summed E-state index contributed by atoms with van der Waals surface area (Å²) in [5, 5.41) is 0. The lowest BCUT2D eigenvalue weighted by molar-refractivity contribution is -0.697. The molecule has 0 atom stereocenters. The second-order valence-corrected chi connectivity index (χ2v) is 8.75. The Kier molecular flexibility index (Phi) is 15.5. The van der Waals surface area contributed by atoms with Gasteiger partial charge < -0.3 is 24.8 Å². The number of hydrogen-bond donors (Lipinski definition) is 0. The van der Waals surface area contributed by atoms with Gasteiger partial charge in [-0.1, -0.05) is 88.6 Å². The summed E-state index contributed by atoms with van der Waals surface area (Å²) in [6.07, 6.45) is 22.7. The fourth-order valence-corrected chi connectivity index (χ4v) is 4.13. The highest BCUT2D eigenvalue weighted by atomic mass is 35.5. The summed E-state index contributed by atoms with van der Waals surface area (Å²) in [6, 6.07) is 19.5. The molecule has 3 aromatic rings. The number of aryl methyl sites for hydroxylation is 1. The van der Waals surface area contributed by atoms with E-state index in [1.807, 2.05) is 0 Å². The zero-order valence-electron chi connectivity index (χ0n) is 20.1. The van der Waals surface area contributed by atoms with Crippen LogP contribution in [0.4, 0.5) is 0 Å². The Labute approximate surface area is 213 Å². The number of unbranched alkanes of at least 4 members (excludes halogenated alkanes) is 9. The van der Waals surface area contributed by atoms with Crippen molar-refractivity contribution in [2.24, 2.45) is 0 Å². The van der Waals surface area contributed by atoms with E-state index in [0.29, 0.717) is 0 Å². The molecule has 0 aliphatic carbocycles. The van der Waals surface area contributed by atoms with Gasteiger partial charge in [0.25, 0.3) is 0 Å². The average molecular weight is 488 g/mol. The third kappa shape index (κ3) is 11.2. The van der Waals surface area contributed by atoms with E-state index in [2.05, 4.69) is 95.4 Å². The van der Waals surface area contributed by atoms with Gasteiger partial charge in [0.05, 0.1) is 0 Å². The van der Waals surface area contributed by atoms with Gasteiger partial charge in [0.1, 0.15) is 6.54 Å². The van der Waals surface area contributed by atoms with E-state index < -0.39 is 0 Å². The Morgan fingerprint density at radius 3 is 1.48 bits per heavy atom. The van der Waals surface area contributed by atoms with Crippen LogP contribution in [-0.2, 0) is 13.1 Å². The standard InChI is InChI=1S/C29H40N2.2ClH/c1-2-3-4-5-6-7-8-9-10-14-21-30-22-17-28(18-23-30)29-19-24-31(25-20-29)26-27-15-12-11-13-16-27;;/h11-13,15-20,22-25H,2-10,14,21,26H2,1H3;2*1H/q+2;;/p-2. The van der Waals surface area contributed by atoms with Crippen molar-refractivity contribution >= 4 is 0 Å². The van der Waals surface area contributed by atoms with Crippen molar-refractivity contribution in [2.75, 3.05) is 0 Å². The average Bonchev–Trinajstić information content (AvgIpc) is 2.82. The molecule has 0 aliphatic rings. The largest absolute Gasteiger partial charge is 1.00 e. The van der Waals surface area contributed by atoms with Crippen LogP contribution in [0.5, 0.6) is 0 Å². The lowest BCUT2D eigenvalue weighted by Crippen LogP contribution is -3.00. The summed E-state index contributed by atoms with van der Waals surface area (Å²) in [5.41, 5.74) is 3.88. The van der Waals surface area contributed by atoms with Crippen LogP contribution in [0.15, 0.2) is 79.4 Å². The summed E-state index contributed by atoms with van der Waals surface area (Å²) in [7, 11) is 0. The van der Waals surface area contributed by atoms with Crippen molar-refractivity contribution in [1.29, 1.82) is 0 Å². The second kappa shape index (κ2) is 17.6. The SMILES string of the molecule is CCCCCCCCCCCC[n+]1ccc(-c2cc[n+](Cc3ccccc3)cc2)cc1.[Cl-].[Cl-]. The minimum Gasteiger partial charge on any atom is -1.00 e. The van der Waals surface area contributed by atoms with Crippen LogP contribution in [0.25, 0.3) is 11.1 Å². The van der Waals surface area contributed by atoms with Crippen LogP contribution < -0.4 is 33.9 Å². The predicted octanol–water partition coefficient (Wildman–Crippen LogP) is 0.906. The molecule has 3 rings (SSSR count). The van der Waals surface area contributed by atoms with E-state index in [1.54, 1.807) is 0 Å². The minimum atomic E-state index is 0. The van der Waals surface area contributed by atoms with Crippen LogP contribution in [-0.4, -0.2) is 0 Å². The molecule has 0 amide bonds. The van der Waals surface area contributed by atoms with E-state index in [4.69, 9.17) is 0 Å². The maximum Gasteiger partial charge on any atom is 0.173 e. The lowest BCUT2D eigenvalue weighted by Gasteiger charge is -2.03. The third-order valence-corrected chi connectivity index (χ3v) is 6.09. The van der Waals surface area contributed by atoms with Crippen LogP contribution in [0.2, 0.25) is 0 Å². The summed E-state index contributed by atoms with van der Waals surface area (Å²) in [6.45, 7) is 4.33. The van der Waals surface area contributed by atoms with Crippen LogP contribution in [0.1, 0.15) is 76.7 Å². The van der Waals surface area contributed by atoms with Gasteiger partial charge in [-0.15, -0.1) is 0 Å². The molecule has 0 saturated heterocycles. The van der Waals surface area contributed by atoms with E-state index in [0.717, 1.165) is 13.1 Å². The Morgan fingerprint density at radius 2 is 0.970 bits per heavy atom. The molecule has 2 nitrogen and oxygen atoms in total. The molecule has 0 bridgehead atoms. The normalized spacial score (nSPS) is 10.3. The van der Waals surface area contributed by atoms with Gasteiger partial charge >= 0.3 is 0 Å². The van der Waals surface area contributed by atoms with E-state index in [9.17, 15) is 0 Å². The van der Waals surface area contributed by atoms with Gasteiger partial charge in [-0.3, -0.25) is 0 Å². The first-order valence-corrected chi connectivity index (χ1v) is 12.4. The van der Waals surface area contributed by atoms with Crippen LogP contribution in [0, 0.1) is 0 Å². The van der Waals surface area contributed by atoms with Gasteiger partial charge in [0.15, 0.2) is 31.3 Å². The number of pyridine rings is 2. The molecule has 1 aromatic carbocycles. The molecule has 2 aromatic heterocycles. The minimum absolute atomic E-state index is 0. The van der Waals surface area contributed by atoms with Gasteiger partial charge in [-0.2, -0.15) is 0 Å². The van der Waals surface area contributed by atoms with Gasteiger partial charge in [0, 0.05) is 36.2 Å². The van der Waals surface area contributed by atoms with Gasteiger partial charge in [-0.05, 0) is 17.5 Å². The number of rotatable bonds is 14. The fourth-order valence-electron chi connectivity index (χ4n) is 4.13. The van der Waals surface area contributed by atoms with Crippen molar-refractivity contribution in [2.45, 2.75) is 84.2 Å². The van der Waals surface area contributed by atoms with Crippen molar-refractivity contribution in [3.8, 4) is 11.1 Å². The molecule has 0 aliphatic heterocycles. The number of halogens is 2. The molecule has 33 heavy (non-hydrogen) atoms. The van der Waals surface area contributed by atoms with Crippen LogP contribution >= 0.6 is 0 Å². The number of aromatic nitrogens is 2. The Bertz CT molecular complexity index is 849. The molecule has 0 unspecified atom stereocenters. The van der Waals surface area contributed by atoms with Gasteiger partial charge in [-0.25, -0.2) is 9.13 Å². The van der Waals surface area contributed by atoms with E-state index in [1.165, 1.54) is 80.9 Å². The highest BCUT2D eigenvalue weighted by Crippen LogP contribution is 2.16. The van der Waals surface area contributed by atoms with Crippen molar-refractivity contribution in [1.82, 2.24) is 0 Å². The van der Waals surface area contributed by atoms with E-state index >= 15 is 0 Å². The predicted molar refractivity (Wildman–Crippen MR) is 130 cm³/mol. The molecule has 0 radical (unpaired) electrons. The Morgan fingerprint density at radius 1 is 0.515 bits per heavy atom. The molecule has 0 saturated carbocycles. The zero-order chi connectivity index (χ0) is 21.6. The lowest BCUT2D eigenvalue weighted by atomic mass is 10.1. The first kappa shape index (κ1) is 29.1. The van der Waals surface area contributed by atoms with Crippen molar-refractivity contribution in [3.63, 3.8) is 0 Å². The number of benzene rings is 1. The smallest absolute Gasteiger partial charge is 0.173 e. The molecular weight excluding hydrogens is 447 g/mol. The van der Waals surface area contributed by atoms with E-state index in [-0.39, 0.29) is 24.8 Å². The summed E-state index contributed by atoms with van der Waals surface area (Å²) in [5.74, 6) is 0. The number of nitrogens with zero attached hydrogens (tertiary/aromatic N) is 2. The molecule has 2 heterocycles. The first-order valence-electron chi connectivity index (χ1n) is 12.4. The summed E-state index contributed by atoms with van der Waals surface area (Å²) in [4.78, 5) is 0. The summed E-state index contributed by atoms with van der Waals surface area (Å²) < 4.78 is 4.56. The molecule has 4 heteroatoms. The van der Waals surface area contributed by atoms with Gasteiger partial charge in [0.2, 0.25) is 0 Å². The molecule has 0 N–H and O–H groups in total. The topological polar surface area (TPSA) is 7.76 Å². The maximum atomic E-state index is 2.33. The Balaban J connectivity index is 0.00000272. The molecule has 180 valence electrons. The molecular formula is C29H40Cl2N2. The van der Waals surface area contributed by atoms with Crippen molar-refractivity contribution in [3.05, 3.63) is 84.9 Å². The molecule has 0 fully saturated rings. The van der Waals surface area contributed by atoms with Crippen LogP contribution in [0.3, 0.4) is 0 Å². The highest BCUT2D eigenvalue weighted by Gasteiger charge is 2.06. The first-order chi connectivity index (χ1) is 15.3. The number of hydrogen-bond acceptors (Lipinski definition) is 0. The molecule has 0 spiro atoms. The highest BCUT2D eigenvalue weighted by molar-refractivity contribution is 5.60. The maximum absolute atomic E-state index is 2.33.